The number of nitrogens with one attached hydrogen (secondary N) is 1. The average Bonchev–Trinajstić information content (AvgIpc) is 2.28. The maximum atomic E-state index is 13.6. The minimum Gasteiger partial charge on any atom is -0.393 e. The van der Waals surface area contributed by atoms with Crippen LogP contribution in [0.15, 0.2) is 22.9 Å². The van der Waals surface area contributed by atoms with Gasteiger partial charge in [0.15, 0.2) is 16.8 Å². The van der Waals surface area contributed by atoms with E-state index in [1.807, 2.05) is 0 Å². The van der Waals surface area contributed by atoms with E-state index in [4.69, 9.17) is 17.3 Å². The number of nitrogens with two attached hydrogens (primary N) is 1. The Morgan fingerprint density at radius 1 is 1.28 bits per heavy atom. The van der Waals surface area contributed by atoms with Crippen LogP contribution >= 0.6 is 27.5 Å². The summed E-state index contributed by atoms with van der Waals surface area (Å²) in [5, 5.41) is 2.68. The number of hydrogen-bond donors (Lipinski definition) is 2. The van der Waals surface area contributed by atoms with Gasteiger partial charge in [0.25, 0.3) is 0 Å². The molecule has 94 valence electrons. The zero-order chi connectivity index (χ0) is 13.3. The molecule has 0 fully saturated rings. The molecule has 0 amide bonds. The van der Waals surface area contributed by atoms with Crippen molar-refractivity contribution in [2.24, 2.45) is 0 Å². The molecule has 8 heteroatoms. The van der Waals surface area contributed by atoms with Gasteiger partial charge in [-0.25, -0.2) is 18.7 Å². The lowest BCUT2D eigenvalue weighted by molar-refractivity contribution is 0.584. The highest BCUT2D eigenvalue weighted by molar-refractivity contribution is 9.10. The number of hydrogen-bond acceptors (Lipinski definition) is 4. The number of aromatic nitrogens is 2. The van der Waals surface area contributed by atoms with Crippen molar-refractivity contribution in [3.8, 4) is 0 Å². The predicted octanol–water partition coefficient (Wildman–Crippen LogP) is 3.50. The monoisotopic (exact) mass is 334 g/mol. The molecule has 1 aromatic heterocycles. The van der Waals surface area contributed by atoms with E-state index < -0.39 is 11.6 Å². The molecule has 4 nitrogen and oxygen atoms in total. The highest BCUT2D eigenvalue weighted by atomic mass is 79.9. The maximum Gasteiger partial charge on any atom is 0.158 e. The minimum absolute atomic E-state index is 0.0119. The number of nitrogens with zero attached hydrogens (tertiary/aromatic N) is 2. The molecule has 1 heterocycles. The van der Waals surface area contributed by atoms with Crippen LogP contribution < -0.4 is 11.1 Å². The Morgan fingerprint density at radius 2 is 2.00 bits per heavy atom. The van der Waals surface area contributed by atoms with Gasteiger partial charge in [-0.1, -0.05) is 11.6 Å². The van der Waals surface area contributed by atoms with Crippen molar-refractivity contribution >= 4 is 44.7 Å². The van der Waals surface area contributed by atoms with Gasteiger partial charge >= 0.3 is 0 Å². The van der Waals surface area contributed by atoms with E-state index in [0.717, 1.165) is 12.1 Å². The molecular formula is C10H6BrClF2N4. The summed E-state index contributed by atoms with van der Waals surface area (Å²) in [6.07, 6.45) is 1.18. The third-order valence-corrected chi connectivity index (χ3v) is 3.01. The average molecular weight is 336 g/mol. The first-order valence-electron chi connectivity index (χ1n) is 4.66. The molecule has 0 bridgehead atoms. The van der Waals surface area contributed by atoms with Crippen molar-refractivity contribution in [3.05, 3.63) is 39.7 Å². The van der Waals surface area contributed by atoms with E-state index in [1.165, 1.54) is 6.33 Å². The van der Waals surface area contributed by atoms with Crippen LogP contribution in [-0.2, 0) is 0 Å². The number of benzene rings is 1. The van der Waals surface area contributed by atoms with E-state index in [9.17, 15) is 8.78 Å². The molecule has 0 radical (unpaired) electrons. The first-order chi connectivity index (χ1) is 8.49. The molecule has 1 aromatic carbocycles. The molecule has 0 saturated carbocycles. The summed E-state index contributed by atoms with van der Waals surface area (Å²) in [6.45, 7) is 0. The van der Waals surface area contributed by atoms with Crippen LogP contribution in [0.1, 0.15) is 0 Å². The fourth-order valence-electron chi connectivity index (χ4n) is 1.25. The van der Waals surface area contributed by atoms with Gasteiger partial charge < -0.3 is 11.1 Å². The second kappa shape index (κ2) is 5.03. The van der Waals surface area contributed by atoms with Crippen LogP contribution in [-0.4, -0.2) is 9.97 Å². The number of anilines is 3. The summed E-state index contributed by atoms with van der Waals surface area (Å²) < 4.78 is 26.7. The van der Waals surface area contributed by atoms with Gasteiger partial charge in [0.1, 0.15) is 17.8 Å². The van der Waals surface area contributed by atoms with Gasteiger partial charge in [0.05, 0.1) is 5.69 Å². The van der Waals surface area contributed by atoms with E-state index in [2.05, 4.69) is 31.2 Å². The summed E-state index contributed by atoms with van der Waals surface area (Å²) in [5.41, 5.74) is 5.72. The first-order valence-corrected chi connectivity index (χ1v) is 5.83. The molecule has 3 N–H and O–H groups in total. The van der Waals surface area contributed by atoms with Crippen molar-refractivity contribution in [2.45, 2.75) is 0 Å². The molecule has 0 aliphatic rings. The van der Waals surface area contributed by atoms with Crippen molar-refractivity contribution < 1.29 is 8.78 Å². The molecular weight excluding hydrogens is 329 g/mol. The Kier molecular flexibility index (Phi) is 3.63. The smallest absolute Gasteiger partial charge is 0.158 e. The topological polar surface area (TPSA) is 63.8 Å². The van der Waals surface area contributed by atoms with E-state index in [1.54, 1.807) is 0 Å². The second-order valence-corrected chi connectivity index (χ2v) is 4.51. The third-order valence-electron chi connectivity index (χ3n) is 2.09. The Morgan fingerprint density at radius 3 is 2.67 bits per heavy atom. The Balaban J connectivity index is 2.43. The van der Waals surface area contributed by atoms with Gasteiger partial charge in [0, 0.05) is 10.5 Å². The lowest BCUT2D eigenvalue weighted by Gasteiger charge is -2.11. The van der Waals surface area contributed by atoms with Gasteiger partial charge in [-0.2, -0.15) is 0 Å². The normalized spacial score (nSPS) is 10.4. The largest absolute Gasteiger partial charge is 0.393 e. The summed E-state index contributed by atoms with van der Waals surface area (Å²) in [4.78, 5) is 7.49. The summed E-state index contributed by atoms with van der Waals surface area (Å²) >= 11 is 8.74. The number of halogens is 4. The summed E-state index contributed by atoms with van der Waals surface area (Å²) in [7, 11) is 0. The first kappa shape index (κ1) is 13.0. The molecule has 18 heavy (non-hydrogen) atoms. The van der Waals surface area contributed by atoms with Crippen LogP contribution in [0, 0.1) is 11.6 Å². The SMILES string of the molecule is Nc1c(Cl)ncnc1Nc1c(F)cc(F)cc1Br. The lowest BCUT2D eigenvalue weighted by atomic mass is 10.3. The van der Waals surface area contributed by atoms with Crippen molar-refractivity contribution in [2.75, 3.05) is 11.1 Å². The van der Waals surface area contributed by atoms with E-state index in [-0.39, 0.29) is 26.8 Å². The molecule has 0 atom stereocenters. The van der Waals surface area contributed by atoms with Gasteiger partial charge in [-0.15, -0.1) is 0 Å². The van der Waals surface area contributed by atoms with Crippen LogP contribution in [0.25, 0.3) is 0 Å². The number of nitrogen functional groups attached to an aromatic ring is 1. The number of rotatable bonds is 2. The molecule has 0 aliphatic heterocycles. The van der Waals surface area contributed by atoms with Gasteiger partial charge in [-0.05, 0) is 22.0 Å². The highest BCUT2D eigenvalue weighted by Crippen LogP contribution is 2.32. The zero-order valence-electron chi connectivity index (χ0n) is 8.72. The van der Waals surface area contributed by atoms with Gasteiger partial charge in [-0.3, -0.25) is 0 Å². The zero-order valence-corrected chi connectivity index (χ0v) is 11.1. The van der Waals surface area contributed by atoms with Crippen LogP contribution in [0.2, 0.25) is 5.15 Å². The summed E-state index contributed by atoms with van der Waals surface area (Å²) in [5.74, 6) is -1.34. The van der Waals surface area contributed by atoms with Gasteiger partial charge in [0.2, 0.25) is 0 Å². The highest BCUT2D eigenvalue weighted by Gasteiger charge is 2.13. The lowest BCUT2D eigenvalue weighted by Crippen LogP contribution is -2.03. The molecule has 0 saturated heterocycles. The molecule has 0 unspecified atom stereocenters. The quantitative estimate of drug-likeness (QED) is 0.825. The summed E-state index contributed by atoms with van der Waals surface area (Å²) in [6, 6.07) is 1.86. The Bertz CT molecular complexity index is 585. The van der Waals surface area contributed by atoms with Crippen LogP contribution in [0.4, 0.5) is 26.0 Å². The molecule has 0 spiro atoms. The van der Waals surface area contributed by atoms with E-state index in [0.29, 0.717) is 0 Å². The maximum absolute atomic E-state index is 13.6. The van der Waals surface area contributed by atoms with Crippen molar-refractivity contribution in [1.29, 1.82) is 0 Å². The molecule has 2 rings (SSSR count). The fourth-order valence-corrected chi connectivity index (χ4v) is 1.89. The standard InChI is InChI=1S/C10H6BrClF2N4/c11-5-1-4(13)2-6(14)8(5)18-10-7(15)9(12)16-3-17-10/h1-3H,15H2,(H,16,17,18). The van der Waals surface area contributed by atoms with Crippen molar-refractivity contribution in [1.82, 2.24) is 9.97 Å². The fraction of sp³-hybridized carbons (Fsp3) is 0. The van der Waals surface area contributed by atoms with Crippen LogP contribution in [0.3, 0.4) is 0 Å². The Hall–Kier alpha value is -1.47. The van der Waals surface area contributed by atoms with Crippen LogP contribution in [0.5, 0.6) is 0 Å². The molecule has 0 aliphatic carbocycles. The Labute approximate surface area is 114 Å². The third kappa shape index (κ3) is 2.51. The predicted molar refractivity (Wildman–Crippen MR) is 68.8 cm³/mol. The van der Waals surface area contributed by atoms with E-state index >= 15 is 0 Å². The molecule has 2 aromatic rings. The van der Waals surface area contributed by atoms with Crippen molar-refractivity contribution in [3.63, 3.8) is 0 Å². The second-order valence-electron chi connectivity index (χ2n) is 3.30. The minimum atomic E-state index is -0.781.